The standard InChI is InChI=1S/C13H19N3O3/c1-2-19-12(17)10-3-5-11(6-4-10)15-13(18)16-8-7-14-9-16/h7-11H,2-6H2,1H3,(H,15,18). The van der Waals surface area contributed by atoms with Crippen molar-refractivity contribution in [3.05, 3.63) is 18.7 Å². The van der Waals surface area contributed by atoms with Gasteiger partial charge in [-0.15, -0.1) is 0 Å². The monoisotopic (exact) mass is 265 g/mol. The lowest BCUT2D eigenvalue weighted by Gasteiger charge is -2.27. The molecule has 0 spiro atoms. The highest BCUT2D eigenvalue weighted by atomic mass is 16.5. The maximum absolute atomic E-state index is 11.8. The van der Waals surface area contributed by atoms with E-state index in [4.69, 9.17) is 4.74 Å². The van der Waals surface area contributed by atoms with Crippen LogP contribution in [-0.4, -0.2) is 34.2 Å². The zero-order valence-electron chi connectivity index (χ0n) is 11.0. The quantitative estimate of drug-likeness (QED) is 0.842. The minimum Gasteiger partial charge on any atom is -0.466 e. The van der Waals surface area contributed by atoms with E-state index in [9.17, 15) is 9.59 Å². The van der Waals surface area contributed by atoms with Crippen LogP contribution in [0.25, 0.3) is 0 Å². The van der Waals surface area contributed by atoms with E-state index >= 15 is 0 Å². The zero-order chi connectivity index (χ0) is 13.7. The third kappa shape index (κ3) is 3.56. The molecule has 6 heteroatoms. The van der Waals surface area contributed by atoms with Crippen molar-refractivity contribution in [2.75, 3.05) is 6.61 Å². The SMILES string of the molecule is CCOC(=O)C1CCC(NC(=O)n2ccnc2)CC1. The minimum atomic E-state index is -0.169. The molecule has 0 bridgehead atoms. The van der Waals surface area contributed by atoms with E-state index in [0.29, 0.717) is 6.61 Å². The van der Waals surface area contributed by atoms with E-state index < -0.39 is 0 Å². The number of esters is 1. The molecule has 1 aliphatic rings. The normalized spacial score (nSPS) is 22.8. The Labute approximate surface area is 112 Å². The number of nitrogens with one attached hydrogen (secondary N) is 1. The van der Waals surface area contributed by atoms with Gasteiger partial charge in [-0.05, 0) is 32.6 Å². The molecule has 0 saturated heterocycles. The number of carbonyl (C=O) groups excluding carboxylic acids is 2. The average Bonchev–Trinajstić information content (AvgIpc) is 2.94. The number of carbonyl (C=O) groups is 2. The van der Waals surface area contributed by atoms with Gasteiger partial charge in [-0.3, -0.25) is 9.36 Å². The summed E-state index contributed by atoms with van der Waals surface area (Å²) in [5, 5.41) is 2.94. The highest BCUT2D eigenvalue weighted by Crippen LogP contribution is 2.25. The summed E-state index contributed by atoms with van der Waals surface area (Å²) in [7, 11) is 0. The van der Waals surface area contributed by atoms with E-state index in [2.05, 4.69) is 10.3 Å². The molecule has 0 aliphatic heterocycles. The number of amides is 1. The summed E-state index contributed by atoms with van der Waals surface area (Å²) in [6.07, 6.45) is 7.81. The molecule has 1 amide bonds. The summed E-state index contributed by atoms with van der Waals surface area (Å²) in [4.78, 5) is 27.2. The number of hydrogen-bond acceptors (Lipinski definition) is 4. The molecule has 0 atom stereocenters. The van der Waals surface area contributed by atoms with Crippen molar-refractivity contribution >= 4 is 12.0 Å². The molecule has 6 nitrogen and oxygen atoms in total. The molecule has 1 N–H and O–H groups in total. The number of nitrogens with zero attached hydrogens (tertiary/aromatic N) is 2. The summed E-state index contributed by atoms with van der Waals surface area (Å²) >= 11 is 0. The van der Waals surface area contributed by atoms with Crippen molar-refractivity contribution in [1.29, 1.82) is 0 Å². The molecular weight excluding hydrogens is 246 g/mol. The summed E-state index contributed by atoms with van der Waals surface area (Å²) in [6.45, 7) is 2.24. The predicted molar refractivity (Wildman–Crippen MR) is 68.5 cm³/mol. The second-order valence-corrected chi connectivity index (χ2v) is 4.72. The van der Waals surface area contributed by atoms with Crippen molar-refractivity contribution in [3.63, 3.8) is 0 Å². The van der Waals surface area contributed by atoms with Gasteiger partial charge in [0.25, 0.3) is 0 Å². The van der Waals surface area contributed by atoms with Crippen LogP contribution in [0.3, 0.4) is 0 Å². The van der Waals surface area contributed by atoms with E-state index in [1.807, 2.05) is 6.92 Å². The third-order valence-corrected chi connectivity index (χ3v) is 3.41. The Morgan fingerprint density at radius 1 is 1.37 bits per heavy atom. The van der Waals surface area contributed by atoms with Crippen molar-refractivity contribution in [2.45, 2.75) is 38.6 Å². The maximum Gasteiger partial charge on any atom is 0.327 e. The first kappa shape index (κ1) is 13.6. The number of imidazole rings is 1. The van der Waals surface area contributed by atoms with Gasteiger partial charge >= 0.3 is 12.0 Å². The third-order valence-electron chi connectivity index (χ3n) is 3.41. The van der Waals surface area contributed by atoms with Crippen molar-refractivity contribution in [1.82, 2.24) is 14.9 Å². The van der Waals surface area contributed by atoms with Crippen LogP contribution in [0, 0.1) is 5.92 Å². The number of ether oxygens (including phenoxy) is 1. The molecule has 0 radical (unpaired) electrons. The zero-order valence-corrected chi connectivity index (χ0v) is 11.0. The Morgan fingerprint density at radius 2 is 2.11 bits per heavy atom. The second kappa shape index (κ2) is 6.36. The molecule has 1 fully saturated rings. The van der Waals surface area contributed by atoms with E-state index in [1.165, 1.54) is 10.9 Å². The highest BCUT2D eigenvalue weighted by Gasteiger charge is 2.28. The van der Waals surface area contributed by atoms with Gasteiger partial charge in [0.15, 0.2) is 0 Å². The fourth-order valence-electron chi connectivity index (χ4n) is 2.36. The van der Waals surface area contributed by atoms with Gasteiger partial charge in [-0.25, -0.2) is 9.78 Å². The topological polar surface area (TPSA) is 73.2 Å². The summed E-state index contributed by atoms with van der Waals surface area (Å²) < 4.78 is 6.43. The Morgan fingerprint density at radius 3 is 2.68 bits per heavy atom. The molecular formula is C13H19N3O3. The molecule has 2 rings (SSSR count). The van der Waals surface area contributed by atoms with Gasteiger partial charge in [0, 0.05) is 18.4 Å². The van der Waals surface area contributed by atoms with Crippen LogP contribution < -0.4 is 5.32 Å². The summed E-state index contributed by atoms with van der Waals surface area (Å²) in [5.74, 6) is -0.122. The van der Waals surface area contributed by atoms with Gasteiger partial charge < -0.3 is 10.1 Å². The number of rotatable bonds is 3. The Kier molecular flexibility index (Phi) is 4.54. The Bertz CT molecular complexity index is 422. The lowest BCUT2D eigenvalue weighted by molar-refractivity contribution is -0.149. The first-order valence-corrected chi connectivity index (χ1v) is 6.66. The second-order valence-electron chi connectivity index (χ2n) is 4.72. The van der Waals surface area contributed by atoms with Gasteiger partial charge in [0.2, 0.25) is 0 Å². The number of aromatic nitrogens is 2. The first-order chi connectivity index (χ1) is 9.20. The van der Waals surface area contributed by atoms with Gasteiger partial charge in [0.1, 0.15) is 6.33 Å². The smallest absolute Gasteiger partial charge is 0.327 e. The molecule has 1 aromatic heterocycles. The average molecular weight is 265 g/mol. The van der Waals surface area contributed by atoms with E-state index in [1.54, 1.807) is 12.4 Å². The Hall–Kier alpha value is -1.85. The molecule has 0 unspecified atom stereocenters. The molecule has 104 valence electrons. The summed E-state index contributed by atoms with van der Waals surface area (Å²) in [6, 6.07) is -0.0438. The molecule has 1 saturated carbocycles. The fraction of sp³-hybridized carbons (Fsp3) is 0.615. The molecule has 1 heterocycles. The van der Waals surface area contributed by atoms with Crippen LogP contribution in [-0.2, 0) is 9.53 Å². The maximum atomic E-state index is 11.8. The summed E-state index contributed by atoms with van der Waals surface area (Å²) in [5.41, 5.74) is 0. The fourth-order valence-corrected chi connectivity index (χ4v) is 2.36. The van der Waals surface area contributed by atoms with E-state index in [-0.39, 0.29) is 24.0 Å². The minimum absolute atomic E-state index is 0.0126. The lowest BCUT2D eigenvalue weighted by Crippen LogP contribution is -2.40. The van der Waals surface area contributed by atoms with Crippen LogP contribution in [0.2, 0.25) is 0 Å². The van der Waals surface area contributed by atoms with Crippen LogP contribution in [0.5, 0.6) is 0 Å². The van der Waals surface area contributed by atoms with Crippen LogP contribution >= 0.6 is 0 Å². The van der Waals surface area contributed by atoms with E-state index in [0.717, 1.165) is 25.7 Å². The van der Waals surface area contributed by atoms with Crippen molar-refractivity contribution in [2.24, 2.45) is 5.92 Å². The molecule has 0 aromatic carbocycles. The van der Waals surface area contributed by atoms with Crippen molar-refractivity contribution in [3.8, 4) is 0 Å². The number of hydrogen-bond donors (Lipinski definition) is 1. The van der Waals surface area contributed by atoms with Gasteiger partial charge in [-0.1, -0.05) is 0 Å². The molecule has 1 aromatic rings. The van der Waals surface area contributed by atoms with Gasteiger partial charge in [0.05, 0.1) is 12.5 Å². The highest BCUT2D eigenvalue weighted by molar-refractivity contribution is 5.76. The first-order valence-electron chi connectivity index (χ1n) is 6.66. The largest absolute Gasteiger partial charge is 0.466 e. The molecule has 1 aliphatic carbocycles. The lowest BCUT2D eigenvalue weighted by atomic mass is 9.86. The van der Waals surface area contributed by atoms with Crippen molar-refractivity contribution < 1.29 is 14.3 Å². The Balaban J connectivity index is 1.77. The van der Waals surface area contributed by atoms with Crippen LogP contribution in [0.1, 0.15) is 32.6 Å². The van der Waals surface area contributed by atoms with Gasteiger partial charge in [-0.2, -0.15) is 0 Å². The van der Waals surface area contributed by atoms with Crippen LogP contribution in [0.15, 0.2) is 18.7 Å². The predicted octanol–water partition coefficient (Wildman–Crippen LogP) is 1.56. The van der Waals surface area contributed by atoms with Crippen LogP contribution in [0.4, 0.5) is 4.79 Å². The molecule has 19 heavy (non-hydrogen) atoms.